The minimum Gasteiger partial charge on any atom is -0.478 e. The van der Waals surface area contributed by atoms with Gasteiger partial charge in [-0.3, -0.25) is 0 Å². The zero-order valence-corrected chi connectivity index (χ0v) is 9.84. The molecule has 1 aromatic carbocycles. The van der Waals surface area contributed by atoms with Crippen LogP contribution in [0.25, 0.3) is 0 Å². The van der Waals surface area contributed by atoms with Gasteiger partial charge in [-0.1, -0.05) is 12.1 Å². The number of aromatic nitrogens is 1. The summed E-state index contributed by atoms with van der Waals surface area (Å²) in [5, 5.41) is 12.3. The molecule has 2 aromatic rings. The molecule has 0 saturated heterocycles. The molecule has 92 valence electrons. The van der Waals surface area contributed by atoms with Crippen LogP contribution in [0.2, 0.25) is 0 Å². The Kier molecular flexibility index (Phi) is 2.64. The maximum absolute atomic E-state index is 10.8. The molecule has 2 heterocycles. The lowest BCUT2D eigenvalue weighted by Gasteiger charge is -2.26. The van der Waals surface area contributed by atoms with Crippen LogP contribution in [0.3, 0.4) is 0 Å². The van der Waals surface area contributed by atoms with Gasteiger partial charge in [-0.25, -0.2) is 4.79 Å². The summed E-state index contributed by atoms with van der Waals surface area (Å²) < 4.78 is 2.23. The normalized spacial score (nSPS) is 18.3. The van der Waals surface area contributed by atoms with Gasteiger partial charge in [-0.05, 0) is 29.8 Å². The van der Waals surface area contributed by atoms with Crippen molar-refractivity contribution in [3.05, 3.63) is 59.4 Å². The summed E-state index contributed by atoms with van der Waals surface area (Å²) in [4.78, 5) is 10.8. The number of carboxylic acid groups (broad SMARTS) is 1. The third-order valence-corrected chi connectivity index (χ3v) is 3.35. The molecule has 0 spiro atoms. The van der Waals surface area contributed by atoms with Crippen molar-refractivity contribution in [2.24, 2.45) is 0 Å². The Morgan fingerprint density at radius 3 is 2.78 bits per heavy atom. The maximum Gasteiger partial charge on any atom is 0.335 e. The molecule has 0 aliphatic carbocycles. The number of nitrogens with zero attached hydrogens (tertiary/aromatic N) is 1. The molecule has 18 heavy (non-hydrogen) atoms. The highest BCUT2D eigenvalue weighted by molar-refractivity contribution is 5.87. The first-order valence-electron chi connectivity index (χ1n) is 5.97. The zero-order chi connectivity index (χ0) is 12.5. The first-order valence-corrected chi connectivity index (χ1v) is 5.97. The van der Waals surface area contributed by atoms with Gasteiger partial charge in [-0.2, -0.15) is 0 Å². The summed E-state index contributed by atoms with van der Waals surface area (Å²) >= 11 is 0. The molecule has 1 aromatic heterocycles. The molecule has 4 heteroatoms. The van der Waals surface area contributed by atoms with E-state index in [0.29, 0.717) is 5.56 Å². The van der Waals surface area contributed by atoms with Crippen molar-refractivity contribution < 1.29 is 9.90 Å². The van der Waals surface area contributed by atoms with Gasteiger partial charge >= 0.3 is 5.97 Å². The van der Waals surface area contributed by atoms with E-state index in [0.717, 1.165) is 18.7 Å². The summed E-state index contributed by atoms with van der Waals surface area (Å²) in [5.41, 5.74) is 2.65. The molecular weight excluding hydrogens is 228 g/mol. The van der Waals surface area contributed by atoms with Crippen LogP contribution in [0.1, 0.15) is 27.7 Å². The Morgan fingerprint density at radius 2 is 2.06 bits per heavy atom. The highest BCUT2D eigenvalue weighted by atomic mass is 16.4. The van der Waals surface area contributed by atoms with E-state index in [2.05, 4.69) is 22.1 Å². The average Bonchev–Trinajstić information content (AvgIpc) is 2.87. The number of aromatic carboxylic acids is 1. The first kappa shape index (κ1) is 11.0. The largest absolute Gasteiger partial charge is 0.478 e. The van der Waals surface area contributed by atoms with Gasteiger partial charge in [0.2, 0.25) is 0 Å². The number of benzene rings is 1. The minimum absolute atomic E-state index is 0.150. The fourth-order valence-corrected chi connectivity index (χ4v) is 2.43. The Labute approximate surface area is 105 Å². The average molecular weight is 242 g/mol. The topological polar surface area (TPSA) is 54.3 Å². The lowest BCUT2D eigenvalue weighted by atomic mass is 10.0. The highest BCUT2D eigenvalue weighted by Gasteiger charge is 2.20. The highest BCUT2D eigenvalue weighted by Crippen LogP contribution is 2.25. The van der Waals surface area contributed by atoms with Gasteiger partial charge in [0.15, 0.2) is 0 Å². The van der Waals surface area contributed by atoms with E-state index in [1.165, 1.54) is 5.69 Å². The molecule has 1 unspecified atom stereocenters. The van der Waals surface area contributed by atoms with E-state index in [1.54, 1.807) is 12.1 Å². The summed E-state index contributed by atoms with van der Waals surface area (Å²) in [6, 6.07) is 11.4. The molecule has 0 amide bonds. The van der Waals surface area contributed by atoms with Crippen LogP contribution >= 0.6 is 0 Å². The number of hydrogen-bond donors (Lipinski definition) is 2. The molecule has 1 aliphatic rings. The molecule has 0 bridgehead atoms. The molecule has 0 saturated carbocycles. The van der Waals surface area contributed by atoms with E-state index < -0.39 is 5.97 Å². The van der Waals surface area contributed by atoms with Crippen LogP contribution in [0, 0.1) is 0 Å². The molecular formula is C14H14N2O2. The number of hydrogen-bond acceptors (Lipinski definition) is 2. The van der Waals surface area contributed by atoms with Crippen LogP contribution in [0.5, 0.6) is 0 Å². The fraction of sp³-hybridized carbons (Fsp3) is 0.214. The van der Waals surface area contributed by atoms with Crippen LogP contribution in [0.15, 0.2) is 42.6 Å². The molecule has 3 rings (SSSR count). The minimum atomic E-state index is -0.887. The fourth-order valence-electron chi connectivity index (χ4n) is 2.43. The molecule has 1 aliphatic heterocycles. The third kappa shape index (κ3) is 1.80. The molecule has 1 atom stereocenters. The second-order valence-electron chi connectivity index (χ2n) is 4.44. The summed E-state index contributed by atoms with van der Waals surface area (Å²) in [7, 11) is 0. The smallest absolute Gasteiger partial charge is 0.335 e. The van der Waals surface area contributed by atoms with Crippen LogP contribution in [0.4, 0.5) is 0 Å². The van der Waals surface area contributed by atoms with E-state index in [1.807, 2.05) is 18.2 Å². The summed E-state index contributed by atoms with van der Waals surface area (Å²) in [6.45, 7) is 1.90. The molecule has 0 radical (unpaired) electrons. The maximum atomic E-state index is 10.8. The van der Waals surface area contributed by atoms with Crippen molar-refractivity contribution in [3.63, 3.8) is 0 Å². The third-order valence-electron chi connectivity index (χ3n) is 3.35. The van der Waals surface area contributed by atoms with Crippen molar-refractivity contribution in [1.82, 2.24) is 9.88 Å². The van der Waals surface area contributed by atoms with Gasteiger partial charge in [-0.15, -0.1) is 0 Å². The van der Waals surface area contributed by atoms with Crippen molar-refractivity contribution in [2.45, 2.75) is 12.6 Å². The Morgan fingerprint density at radius 1 is 1.28 bits per heavy atom. The van der Waals surface area contributed by atoms with Crippen molar-refractivity contribution in [3.8, 4) is 0 Å². The number of nitrogens with one attached hydrogen (secondary N) is 1. The van der Waals surface area contributed by atoms with Crippen LogP contribution in [-0.4, -0.2) is 22.2 Å². The lowest BCUT2D eigenvalue weighted by molar-refractivity contribution is 0.0697. The summed E-state index contributed by atoms with van der Waals surface area (Å²) in [5.74, 6) is -0.887. The van der Waals surface area contributed by atoms with Crippen molar-refractivity contribution in [1.29, 1.82) is 0 Å². The van der Waals surface area contributed by atoms with E-state index in [9.17, 15) is 4.79 Å². The van der Waals surface area contributed by atoms with Gasteiger partial charge in [0.25, 0.3) is 0 Å². The zero-order valence-electron chi connectivity index (χ0n) is 9.84. The second-order valence-corrected chi connectivity index (χ2v) is 4.44. The standard InChI is InChI=1S/C14H14N2O2/c17-14(18)11-5-3-10(4-6-11)13-12-2-1-8-16(12)9-7-15-13/h1-6,8,13,15H,7,9H2,(H,17,18). The van der Waals surface area contributed by atoms with E-state index in [-0.39, 0.29) is 6.04 Å². The van der Waals surface area contributed by atoms with E-state index in [4.69, 9.17) is 5.11 Å². The van der Waals surface area contributed by atoms with Gasteiger partial charge in [0.1, 0.15) is 0 Å². The molecule has 4 nitrogen and oxygen atoms in total. The van der Waals surface area contributed by atoms with Crippen molar-refractivity contribution >= 4 is 5.97 Å². The SMILES string of the molecule is O=C(O)c1ccc(C2NCCn3cccc32)cc1. The van der Waals surface area contributed by atoms with E-state index >= 15 is 0 Å². The molecule has 0 fully saturated rings. The van der Waals surface area contributed by atoms with Gasteiger partial charge in [0.05, 0.1) is 11.6 Å². The quantitative estimate of drug-likeness (QED) is 0.845. The Bertz CT molecular complexity index is 572. The number of fused-ring (bicyclic) bond motifs is 1. The van der Waals surface area contributed by atoms with Crippen LogP contribution < -0.4 is 5.32 Å². The first-order chi connectivity index (χ1) is 8.75. The Balaban J connectivity index is 1.95. The lowest BCUT2D eigenvalue weighted by Crippen LogP contribution is -2.33. The van der Waals surface area contributed by atoms with Crippen molar-refractivity contribution in [2.75, 3.05) is 6.54 Å². The number of carboxylic acids is 1. The summed E-state index contributed by atoms with van der Waals surface area (Å²) in [6.07, 6.45) is 2.08. The number of rotatable bonds is 2. The number of carbonyl (C=O) groups is 1. The Hall–Kier alpha value is -2.07. The second kappa shape index (κ2) is 4.31. The van der Waals surface area contributed by atoms with Gasteiger partial charge < -0.3 is 15.0 Å². The monoisotopic (exact) mass is 242 g/mol. The van der Waals surface area contributed by atoms with Crippen LogP contribution in [-0.2, 0) is 6.54 Å². The molecule has 2 N–H and O–H groups in total. The predicted octanol–water partition coefficient (Wildman–Crippen LogP) is 1.88. The van der Waals surface area contributed by atoms with Gasteiger partial charge in [0, 0.05) is 25.0 Å². The predicted molar refractivity (Wildman–Crippen MR) is 67.7 cm³/mol.